The van der Waals surface area contributed by atoms with E-state index in [-0.39, 0.29) is 11.6 Å². The van der Waals surface area contributed by atoms with Crippen LogP contribution in [0.15, 0.2) is 67.3 Å². The summed E-state index contributed by atoms with van der Waals surface area (Å²) < 4.78 is 13.4. The van der Waals surface area contributed by atoms with E-state index in [2.05, 4.69) is 44.3 Å². The van der Waals surface area contributed by atoms with Gasteiger partial charge in [-0.05, 0) is 73.5 Å². The lowest BCUT2D eigenvalue weighted by molar-refractivity contribution is 0.102. The summed E-state index contributed by atoms with van der Waals surface area (Å²) in [6.45, 7) is 2.07. The molecule has 5 rings (SSSR count). The summed E-state index contributed by atoms with van der Waals surface area (Å²) in [6.07, 6.45) is 6.21. The second kappa shape index (κ2) is 8.43. The SMILES string of the molecule is CN1CCC(c2cc(-c3ccc(C(=O)Nc4cccc(F)c4)nc3)cc3cncnc23)C1. The highest BCUT2D eigenvalue weighted by molar-refractivity contribution is 6.03. The number of pyridine rings is 1. The summed E-state index contributed by atoms with van der Waals surface area (Å²) in [7, 11) is 2.14. The molecular formula is C25H22FN5O. The van der Waals surface area contributed by atoms with E-state index < -0.39 is 5.82 Å². The van der Waals surface area contributed by atoms with Gasteiger partial charge in [0.1, 0.15) is 17.8 Å². The van der Waals surface area contributed by atoms with Crippen LogP contribution < -0.4 is 5.32 Å². The number of halogens is 1. The Hall–Kier alpha value is -3.71. The molecule has 2 aromatic carbocycles. The van der Waals surface area contributed by atoms with Gasteiger partial charge in [0.05, 0.1) is 5.52 Å². The van der Waals surface area contributed by atoms with E-state index in [0.29, 0.717) is 11.6 Å². The molecule has 7 heteroatoms. The van der Waals surface area contributed by atoms with Crippen molar-refractivity contribution in [2.75, 3.05) is 25.5 Å². The maximum Gasteiger partial charge on any atom is 0.274 e. The van der Waals surface area contributed by atoms with E-state index in [4.69, 9.17) is 0 Å². The van der Waals surface area contributed by atoms with Crippen molar-refractivity contribution >= 4 is 22.5 Å². The predicted octanol–water partition coefficient (Wildman–Crippen LogP) is 4.50. The average molecular weight is 427 g/mol. The first-order chi connectivity index (χ1) is 15.6. The van der Waals surface area contributed by atoms with Crippen molar-refractivity contribution in [1.82, 2.24) is 19.9 Å². The van der Waals surface area contributed by atoms with Crippen molar-refractivity contribution in [1.29, 1.82) is 0 Å². The lowest BCUT2D eigenvalue weighted by atomic mass is 9.92. The predicted molar refractivity (Wildman–Crippen MR) is 122 cm³/mol. The van der Waals surface area contributed by atoms with Gasteiger partial charge in [-0.2, -0.15) is 0 Å². The topological polar surface area (TPSA) is 71.0 Å². The molecule has 0 aliphatic carbocycles. The van der Waals surface area contributed by atoms with Crippen molar-refractivity contribution in [3.63, 3.8) is 0 Å². The van der Waals surface area contributed by atoms with Crippen molar-refractivity contribution in [3.8, 4) is 11.1 Å². The van der Waals surface area contributed by atoms with Crippen LogP contribution in [0.5, 0.6) is 0 Å². The van der Waals surface area contributed by atoms with Crippen LogP contribution in [-0.4, -0.2) is 45.9 Å². The van der Waals surface area contributed by atoms with Crippen LogP contribution in [0.1, 0.15) is 28.4 Å². The number of likely N-dealkylation sites (N-methyl/N-ethyl adjacent to an activating group) is 1. The third-order valence-electron chi connectivity index (χ3n) is 5.88. The number of nitrogens with zero attached hydrogens (tertiary/aromatic N) is 4. The molecule has 1 atom stereocenters. The molecular weight excluding hydrogens is 405 g/mol. The molecule has 0 saturated carbocycles. The Morgan fingerprint density at radius 3 is 2.75 bits per heavy atom. The number of fused-ring (bicyclic) bond motifs is 1. The Labute approximate surface area is 185 Å². The van der Waals surface area contributed by atoms with E-state index >= 15 is 0 Å². The van der Waals surface area contributed by atoms with E-state index in [9.17, 15) is 9.18 Å². The summed E-state index contributed by atoms with van der Waals surface area (Å²) >= 11 is 0. The van der Waals surface area contributed by atoms with Gasteiger partial charge in [0.15, 0.2) is 0 Å². The summed E-state index contributed by atoms with van der Waals surface area (Å²) in [6, 6.07) is 13.6. The number of hydrogen-bond donors (Lipinski definition) is 1. The van der Waals surface area contributed by atoms with Gasteiger partial charge in [0.2, 0.25) is 0 Å². The summed E-state index contributed by atoms with van der Waals surface area (Å²) in [5.74, 6) is -0.374. The Morgan fingerprint density at radius 1 is 1.09 bits per heavy atom. The first-order valence-corrected chi connectivity index (χ1v) is 10.5. The highest BCUT2D eigenvalue weighted by atomic mass is 19.1. The molecule has 6 nitrogen and oxygen atoms in total. The molecule has 4 aromatic rings. The van der Waals surface area contributed by atoms with Crippen LogP contribution in [0.4, 0.5) is 10.1 Å². The van der Waals surface area contributed by atoms with Gasteiger partial charge < -0.3 is 10.2 Å². The summed E-state index contributed by atoms with van der Waals surface area (Å²) in [4.78, 5) is 27.9. The average Bonchev–Trinajstić information content (AvgIpc) is 3.24. The van der Waals surface area contributed by atoms with E-state index in [1.54, 1.807) is 30.7 Å². The van der Waals surface area contributed by atoms with Crippen molar-refractivity contribution in [2.45, 2.75) is 12.3 Å². The molecule has 1 aliphatic rings. The van der Waals surface area contributed by atoms with Gasteiger partial charge in [0.25, 0.3) is 5.91 Å². The van der Waals surface area contributed by atoms with Gasteiger partial charge in [-0.15, -0.1) is 0 Å². The van der Waals surface area contributed by atoms with Crippen molar-refractivity contribution in [2.24, 2.45) is 0 Å². The monoisotopic (exact) mass is 427 g/mol. The maximum atomic E-state index is 13.4. The van der Waals surface area contributed by atoms with Gasteiger partial charge in [-0.25, -0.2) is 14.4 Å². The Morgan fingerprint density at radius 2 is 2.00 bits per heavy atom. The van der Waals surface area contributed by atoms with Crippen LogP contribution in [0.25, 0.3) is 22.0 Å². The van der Waals surface area contributed by atoms with Crippen LogP contribution >= 0.6 is 0 Å². The molecule has 0 radical (unpaired) electrons. The molecule has 160 valence electrons. The minimum atomic E-state index is -0.407. The van der Waals surface area contributed by atoms with Crippen LogP contribution in [0, 0.1) is 5.82 Å². The molecule has 32 heavy (non-hydrogen) atoms. The fraction of sp³-hybridized carbons (Fsp3) is 0.200. The minimum absolute atomic E-state index is 0.264. The molecule has 1 aliphatic heterocycles. The second-order valence-electron chi connectivity index (χ2n) is 8.17. The third-order valence-corrected chi connectivity index (χ3v) is 5.88. The summed E-state index contributed by atoms with van der Waals surface area (Å²) in [5, 5.41) is 3.66. The molecule has 1 N–H and O–H groups in total. The number of amides is 1. The zero-order valence-electron chi connectivity index (χ0n) is 17.6. The first kappa shape index (κ1) is 20.2. The highest BCUT2D eigenvalue weighted by Crippen LogP contribution is 2.34. The lowest BCUT2D eigenvalue weighted by Gasteiger charge is -2.15. The maximum absolute atomic E-state index is 13.4. The lowest BCUT2D eigenvalue weighted by Crippen LogP contribution is -2.14. The van der Waals surface area contributed by atoms with Crippen molar-refractivity contribution in [3.05, 3.63) is 84.3 Å². The van der Waals surface area contributed by atoms with E-state index in [1.807, 2.05) is 12.3 Å². The Balaban J connectivity index is 1.44. The quantitative estimate of drug-likeness (QED) is 0.519. The zero-order chi connectivity index (χ0) is 22.1. The largest absolute Gasteiger partial charge is 0.321 e. The van der Waals surface area contributed by atoms with Crippen molar-refractivity contribution < 1.29 is 9.18 Å². The van der Waals surface area contributed by atoms with E-state index in [1.165, 1.54) is 17.7 Å². The number of aromatic nitrogens is 3. The van der Waals surface area contributed by atoms with Crippen LogP contribution in [0.2, 0.25) is 0 Å². The van der Waals surface area contributed by atoms with Gasteiger partial charge >= 0.3 is 0 Å². The van der Waals surface area contributed by atoms with Gasteiger partial charge in [0, 0.05) is 35.6 Å². The smallest absolute Gasteiger partial charge is 0.274 e. The minimum Gasteiger partial charge on any atom is -0.321 e. The number of carbonyl (C=O) groups excluding carboxylic acids is 1. The fourth-order valence-corrected chi connectivity index (χ4v) is 4.26. The number of rotatable bonds is 4. The first-order valence-electron chi connectivity index (χ1n) is 10.5. The van der Waals surface area contributed by atoms with Crippen LogP contribution in [0.3, 0.4) is 0 Å². The molecule has 0 spiro atoms. The molecule has 1 unspecified atom stereocenters. The summed E-state index contributed by atoms with van der Waals surface area (Å²) in [5.41, 5.74) is 4.79. The molecule has 2 aromatic heterocycles. The number of anilines is 1. The van der Waals surface area contributed by atoms with E-state index in [0.717, 1.165) is 41.5 Å². The number of carbonyl (C=O) groups is 1. The zero-order valence-corrected chi connectivity index (χ0v) is 17.6. The number of benzene rings is 2. The standard InChI is InChI=1S/C25H22FN5O/c1-31-8-7-17(14-31)22-10-18(9-19-12-27-15-29-24(19)22)16-5-6-23(28-13-16)25(32)30-21-4-2-3-20(26)11-21/h2-6,9-13,15,17H,7-8,14H2,1H3,(H,30,32). The fourth-order valence-electron chi connectivity index (χ4n) is 4.26. The highest BCUT2D eigenvalue weighted by Gasteiger charge is 2.24. The molecule has 1 fully saturated rings. The Kier molecular flexibility index (Phi) is 5.33. The van der Waals surface area contributed by atoms with Gasteiger partial charge in [-0.3, -0.25) is 9.78 Å². The third kappa shape index (κ3) is 4.07. The molecule has 0 bridgehead atoms. The Bertz CT molecular complexity index is 1290. The molecule has 1 saturated heterocycles. The molecule has 3 heterocycles. The van der Waals surface area contributed by atoms with Crippen LogP contribution in [-0.2, 0) is 0 Å². The molecule has 1 amide bonds. The second-order valence-corrected chi connectivity index (χ2v) is 8.17. The number of hydrogen-bond acceptors (Lipinski definition) is 5. The normalized spacial score (nSPS) is 16.4. The van der Waals surface area contributed by atoms with Gasteiger partial charge in [-0.1, -0.05) is 12.1 Å². The number of likely N-dealkylation sites (tertiary alicyclic amines) is 1. The number of nitrogens with one attached hydrogen (secondary N) is 1.